The lowest BCUT2D eigenvalue weighted by molar-refractivity contribution is 0.0545. The molecule has 7 nitrogen and oxygen atoms in total. The molecule has 3 aromatic rings. The second-order valence-corrected chi connectivity index (χ2v) is 10.5. The van der Waals surface area contributed by atoms with E-state index in [4.69, 9.17) is 7.48 Å². The van der Waals surface area contributed by atoms with Gasteiger partial charge in [-0.05, 0) is 80.5 Å². The number of aromatic nitrogens is 4. The molecule has 1 saturated carbocycles. The molecule has 2 saturated heterocycles. The monoisotopic (exact) mass is 462 g/mol. The van der Waals surface area contributed by atoms with Crippen molar-refractivity contribution in [2.24, 2.45) is 24.8 Å². The van der Waals surface area contributed by atoms with Crippen LogP contribution in [0.15, 0.2) is 24.4 Å². The minimum atomic E-state index is -1.23. The molecule has 4 heterocycles. The molecule has 2 aromatic heterocycles. The number of rotatable bonds is 5. The molecule has 0 radical (unpaired) electrons. The molecule has 1 N–H and O–H groups in total. The fourth-order valence-electron chi connectivity index (χ4n) is 6.19. The molecule has 2 atom stereocenters. The summed E-state index contributed by atoms with van der Waals surface area (Å²) in [7, 11) is 1.95. The molecule has 0 amide bonds. The molecule has 180 valence electrons. The number of benzene rings is 1. The van der Waals surface area contributed by atoms with E-state index in [1.54, 1.807) is 0 Å². The first-order valence-corrected chi connectivity index (χ1v) is 12.7. The Morgan fingerprint density at radius 2 is 1.88 bits per heavy atom. The lowest BCUT2D eigenvalue weighted by atomic mass is 10.00. The minimum Gasteiger partial charge on any atom is -0.381 e. The van der Waals surface area contributed by atoms with Crippen LogP contribution in [0.1, 0.15) is 39.6 Å². The maximum Gasteiger partial charge on any atom is 0.151 e. The zero-order valence-electron chi connectivity index (χ0n) is 22.4. The Bertz CT molecular complexity index is 1260. The van der Waals surface area contributed by atoms with Crippen molar-refractivity contribution in [1.29, 1.82) is 0 Å². The summed E-state index contributed by atoms with van der Waals surface area (Å²) in [6.07, 6.45) is 5.83. The maximum atomic E-state index is 8.81. The van der Waals surface area contributed by atoms with Gasteiger partial charge in [-0.1, -0.05) is 6.07 Å². The van der Waals surface area contributed by atoms with Crippen LogP contribution >= 0.6 is 0 Å². The van der Waals surface area contributed by atoms with Gasteiger partial charge in [-0.25, -0.2) is 0 Å². The summed E-state index contributed by atoms with van der Waals surface area (Å²) in [5.41, 5.74) is 5.24. The van der Waals surface area contributed by atoms with Crippen molar-refractivity contribution in [2.45, 2.75) is 45.6 Å². The van der Waals surface area contributed by atoms with Gasteiger partial charge in [0.15, 0.2) is 5.82 Å². The smallest absolute Gasteiger partial charge is 0.151 e. The van der Waals surface area contributed by atoms with Crippen LogP contribution in [0.5, 0.6) is 0 Å². The SMILES string of the molecule is [2H]C([2H])(C1CCOCC1)N1CC2CC(Nc3nnc(-c4ccc5nn(C)cc5c4C)cc3C)CC2C1. The number of fused-ring (bicyclic) bond motifs is 2. The van der Waals surface area contributed by atoms with E-state index in [0.29, 0.717) is 31.1 Å². The summed E-state index contributed by atoms with van der Waals surface area (Å²) in [6, 6.07) is 6.62. The molecule has 1 aromatic carbocycles. The second kappa shape index (κ2) is 8.93. The Labute approximate surface area is 204 Å². The van der Waals surface area contributed by atoms with Gasteiger partial charge in [0, 0.05) is 65.8 Å². The number of hydrogen-bond acceptors (Lipinski definition) is 6. The Kier molecular flexibility index (Phi) is 5.19. The Morgan fingerprint density at radius 1 is 1.12 bits per heavy atom. The molecule has 3 fully saturated rings. The quantitative estimate of drug-likeness (QED) is 0.613. The van der Waals surface area contributed by atoms with E-state index < -0.39 is 6.50 Å². The highest BCUT2D eigenvalue weighted by Crippen LogP contribution is 2.40. The molecule has 2 unspecified atom stereocenters. The van der Waals surface area contributed by atoms with E-state index in [1.807, 2.05) is 17.8 Å². The van der Waals surface area contributed by atoms with Crippen LogP contribution in [-0.2, 0) is 11.8 Å². The van der Waals surface area contributed by atoms with Gasteiger partial charge in [-0.15, -0.1) is 10.2 Å². The van der Waals surface area contributed by atoms with Gasteiger partial charge in [-0.3, -0.25) is 4.68 Å². The first-order chi connectivity index (χ1) is 17.3. The van der Waals surface area contributed by atoms with E-state index in [1.165, 1.54) is 5.56 Å². The average molecular weight is 463 g/mol. The summed E-state index contributed by atoms with van der Waals surface area (Å²) in [5.74, 6) is 2.02. The van der Waals surface area contributed by atoms with Crippen molar-refractivity contribution in [3.8, 4) is 11.3 Å². The third kappa shape index (κ3) is 4.20. The zero-order chi connectivity index (χ0) is 25.0. The average Bonchev–Trinajstić information content (AvgIpc) is 3.54. The first kappa shape index (κ1) is 19.8. The van der Waals surface area contributed by atoms with Gasteiger partial charge >= 0.3 is 0 Å². The molecule has 3 aliphatic rings. The molecule has 0 bridgehead atoms. The molecular formula is C27H36N6O. The van der Waals surface area contributed by atoms with Gasteiger partial charge in [-0.2, -0.15) is 5.10 Å². The molecule has 2 aliphatic heterocycles. The van der Waals surface area contributed by atoms with Crippen molar-refractivity contribution < 1.29 is 7.48 Å². The summed E-state index contributed by atoms with van der Waals surface area (Å²) in [5, 5.41) is 18.5. The van der Waals surface area contributed by atoms with Gasteiger partial charge in [0.05, 0.1) is 11.2 Å². The predicted molar refractivity (Wildman–Crippen MR) is 135 cm³/mol. The third-order valence-electron chi connectivity index (χ3n) is 8.01. The Morgan fingerprint density at radius 3 is 2.62 bits per heavy atom. The van der Waals surface area contributed by atoms with Crippen LogP contribution in [0, 0.1) is 31.6 Å². The largest absolute Gasteiger partial charge is 0.381 e. The van der Waals surface area contributed by atoms with Crippen molar-refractivity contribution in [3.05, 3.63) is 35.5 Å². The summed E-state index contributed by atoms with van der Waals surface area (Å²) in [6.45, 7) is 6.07. The Balaban J connectivity index is 1.11. The van der Waals surface area contributed by atoms with Gasteiger partial charge in [0.2, 0.25) is 0 Å². The lowest BCUT2D eigenvalue weighted by Crippen LogP contribution is -2.32. The fourth-order valence-corrected chi connectivity index (χ4v) is 6.19. The van der Waals surface area contributed by atoms with E-state index in [0.717, 1.165) is 72.3 Å². The standard InChI is InChI=1S/C27H36N6O/c1-17-10-26(23-4-5-25-24(18(23)2)16-32(3)31-25)29-30-27(17)28-22-11-20-14-33(15-21(20)12-22)13-19-6-8-34-9-7-19/h4-5,10,16,19-22H,6-9,11-15H2,1-3H3,(H,28,30)/i13D2. The number of aryl methyl sites for hydroxylation is 3. The molecule has 34 heavy (non-hydrogen) atoms. The summed E-state index contributed by atoms with van der Waals surface area (Å²) in [4.78, 5) is 2.12. The zero-order valence-corrected chi connectivity index (χ0v) is 20.4. The number of hydrogen-bond donors (Lipinski definition) is 1. The molecular weight excluding hydrogens is 424 g/mol. The minimum absolute atomic E-state index is 0.0814. The van der Waals surface area contributed by atoms with Crippen molar-refractivity contribution in [3.63, 3.8) is 0 Å². The van der Waals surface area contributed by atoms with Gasteiger partial charge in [0.25, 0.3) is 0 Å². The first-order valence-electron chi connectivity index (χ1n) is 13.7. The maximum absolute atomic E-state index is 8.81. The lowest BCUT2D eigenvalue weighted by Gasteiger charge is -2.27. The van der Waals surface area contributed by atoms with Crippen LogP contribution in [0.3, 0.4) is 0 Å². The van der Waals surface area contributed by atoms with Crippen LogP contribution in [0.25, 0.3) is 22.2 Å². The summed E-state index contributed by atoms with van der Waals surface area (Å²) < 4.78 is 24.9. The predicted octanol–water partition coefficient (Wildman–Crippen LogP) is 4.20. The number of nitrogens with one attached hydrogen (secondary N) is 1. The fraction of sp³-hybridized carbons (Fsp3) is 0.593. The van der Waals surface area contributed by atoms with Crippen molar-refractivity contribution in [1.82, 2.24) is 24.9 Å². The van der Waals surface area contributed by atoms with Crippen molar-refractivity contribution in [2.75, 3.05) is 38.1 Å². The van der Waals surface area contributed by atoms with E-state index in [9.17, 15) is 0 Å². The topological polar surface area (TPSA) is 68.1 Å². The third-order valence-corrected chi connectivity index (χ3v) is 8.01. The van der Waals surface area contributed by atoms with Crippen LogP contribution in [0.2, 0.25) is 0 Å². The normalized spacial score (nSPS) is 27.1. The number of nitrogens with zero attached hydrogens (tertiary/aromatic N) is 5. The van der Waals surface area contributed by atoms with Crippen molar-refractivity contribution >= 4 is 16.7 Å². The number of likely N-dealkylation sites (tertiary alicyclic amines) is 1. The van der Waals surface area contributed by atoms with Gasteiger partial charge < -0.3 is 15.0 Å². The summed E-state index contributed by atoms with van der Waals surface area (Å²) >= 11 is 0. The van der Waals surface area contributed by atoms with Crippen LogP contribution < -0.4 is 5.32 Å². The molecule has 1 aliphatic carbocycles. The molecule has 6 rings (SSSR count). The van der Waals surface area contributed by atoms with Gasteiger partial charge in [0.1, 0.15) is 0 Å². The number of anilines is 1. The van der Waals surface area contributed by atoms with E-state index in [2.05, 4.69) is 57.7 Å². The van der Waals surface area contributed by atoms with E-state index in [-0.39, 0.29) is 5.92 Å². The molecule has 0 spiro atoms. The highest BCUT2D eigenvalue weighted by molar-refractivity contribution is 5.88. The molecule has 7 heteroatoms. The highest BCUT2D eigenvalue weighted by atomic mass is 16.5. The Hall–Kier alpha value is -2.51. The van der Waals surface area contributed by atoms with E-state index >= 15 is 0 Å². The highest BCUT2D eigenvalue weighted by Gasteiger charge is 2.41. The van der Waals surface area contributed by atoms with Crippen LogP contribution in [0.4, 0.5) is 5.82 Å². The van der Waals surface area contributed by atoms with Crippen LogP contribution in [-0.4, -0.2) is 63.7 Å². The number of ether oxygens (including phenoxy) is 1. The second-order valence-electron chi connectivity index (χ2n) is 10.5.